The molecule has 0 saturated heterocycles. The lowest BCUT2D eigenvalue weighted by molar-refractivity contribution is 0.237. The van der Waals surface area contributed by atoms with Crippen LogP contribution in [0.5, 0.6) is 0 Å². The summed E-state index contributed by atoms with van der Waals surface area (Å²) in [4.78, 5) is 20.0. The lowest BCUT2D eigenvalue weighted by Gasteiger charge is -2.15. The van der Waals surface area contributed by atoms with E-state index in [9.17, 15) is 4.79 Å². The van der Waals surface area contributed by atoms with Crippen LogP contribution in [0.3, 0.4) is 0 Å². The van der Waals surface area contributed by atoms with Crippen LogP contribution in [0.2, 0.25) is 0 Å². The van der Waals surface area contributed by atoms with E-state index in [2.05, 4.69) is 38.1 Å². The van der Waals surface area contributed by atoms with E-state index in [1.807, 2.05) is 12.1 Å². The molecule has 0 saturated carbocycles. The fraction of sp³-hybridized carbons (Fsp3) is 0.312. The van der Waals surface area contributed by atoms with Crippen molar-refractivity contribution in [3.63, 3.8) is 0 Å². The smallest absolute Gasteiger partial charge is 0.315 e. The number of rotatable bonds is 5. The highest BCUT2D eigenvalue weighted by Gasteiger charge is 2.22. The molecular formula is C16H19N5O. The van der Waals surface area contributed by atoms with Gasteiger partial charge in [0.25, 0.3) is 0 Å². The van der Waals surface area contributed by atoms with Gasteiger partial charge in [-0.3, -0.25) is 4.98 Å². The number of carbonyl (C=O) groups is 1. The lowest BCUT2D eigenvalue weighted by Crippen LogP contribution is -2.39. The van der Waals surface area contributed by atoms with Crippen molar-refractivity contribution in [3.8, 4) is 0 Å². The topological polar surface area (TPSA) is 78.9 Å². The molecule has 6 heteroatoms. The Morgan fingerprint density at radius 1 is 1.23 bits per heavy atom. The molecule has 1 aliphatic carbocycles. The van der Waals surface area contributed by atoms with E-state index < -0.39 is 0 Å². The summed E-state index contributed by atoms with van der Waals surface area (Å²) < 4.78 is 0. The molecule has 0 aliphatic heterocycles. The number of anilines is 1. The molecule has 0 fully saturated rings. The molecule has 1 atom stereocenters. The minimum atomic E-state index is -0.136. The predicted octanol–water partition coefficient (Wildman–Crippen LogP) is 1.88. The molecule has 2 amide bonds. The molecule has 0 bridgehead atoms. The third-order valence-corrected chi connectivity index (χ3v) is 3.72. The Morgan fingerprint density at radius 3 is 3.00 bits per heavy atom. The standard InChI is InChI=1S/C16H19N5O/c22-16(20-10-9-19-15-11-17-7-8-18-15)21-14-6-5-12-3-1-2-4-13(12)14/h1-4,7-8,11,14H,5-6,9-10H2,(H,18,19)(H2,20,21,22)/t14-/m1/s1. The van der Waals surface area contributed by atoms with Crippen LogP contribution in [0.25, 0.3) is 0 Å². The summed E-state index contributed by atoms with van der Waals surface area (Å²) in [6.07, 6.45) is 6.88. The average Bonchev–Trinajstić information content (AvgIpc) is 2.96. The van der Waals surface area contributed by atoms with Gasteiger partial charge < -0.3 is 16.0 Å². The number of nitrogens with zero attached hydrogens (tertiary/aromatic N) is 2. The number of amides is 2. The van der Waals surface area contributed by atoms with Gasteiger partial charge in [-0.15, -0.1) is 0 Å². The van der Waals surface area contributed by atoms with Gasteiger partial charge in [0.15, 0.2) is 0 Å². The van der Waals surface area contributed by atoms with Crippen molar-refractivity contribution in [1.82, 2.24) is 20.6 Å². The van der Waals surface area contributed by atoms with Crippen LogP contribution >= 0.6 is 0 Å². The number of hydrogen-bond donors (Lipinski definition) is 3. The summed E-state index contributed by atoms with van der Waals surface area (Å²) in [5.74, 6) is 0.703. The number of aryl methyl sites for hydroxylation is 1. The summed E-state index contributed by atoms with van der Waals surface area (Å²) >= 11 is 0. The summed E-state index contributed by atoms with van der Waals surface area (Å²) in [7, 11) is 0. The van der Waals surface area contributed by atoms with Gasteiger partial charge in [-0.1, -0.05) is 24.3 Å². The van der Waals surface area contributed by atoms with E-state index in [0.29, 0.717) is 18.9 Å². The molecule has 2 aromatic rings. The number of nitrogens with one attached hydrogen (secondary N) is 3. The number of aromatic nitrogens is 2. The molecule has 114 valence electrons. The monoisotopic (exact) mass is 297 g/mol. The first-order chi connectivity index (χ1) is 10.8. The van der Waals surface area contributed by atoms with Crippen molar-refractivity contribution < 1.29 is 4.79 Å². The third kappa shape index (κ3) is 3.52. The Hall–Kier alpha value is -2.63. The lowest BCUT2D eigenvalue weighted by atomic mass is 10.1. The van der Waals surface area contributed by atoms with Crippen LogP contribution in [0.15, 0.2) is 42.9 Å². The van der Waals surface area contributed by atoms with Crippen LogP contribution in [0.4, 0.5) is 10.6 Å². The maximum atomic E-state index is 11.9. The van der Waals surface area contributed by atoms with Crippen LogP contribution in [0, 0.1) is 0 Å². The molecule has 1 aliphatic rings. The van der Waals surface area contributed by atoms with Gasteiger partial charge in [0.1, 0.15) is 5.82 Å². The molecule has 0 radical (unpaired) electrons. The Bertz CT molecular complexity index is 631. The van der Waals surface area contributed by atoms with Gasteiger partial charge in [-0.2, -0.15) is 0 Å². The number of urea groups is 1. The van der Waals surface area contributed by atoms with Crippen molar-refractivity contribution in [1.29, 1.82) is 0 Å². The van der Waals surface area contributed by atoms with Gasteiger partial charge >= 0.3 is 6.03 Å². The summed E-state index contributed by atoms with van der Waals surface area (Å²) in [6, 6.07) is 8.25. The largest absolute Gasteiger partial charge is 0.367 e. The highest BCUT2D eigenvalue weighted by molar-refractivity contribution is 5.74. The second-order valence-corrected chi connectivity index (χ2v) is 5.21. The zero-order valence-electron chi connectivity index (χ0n) is 12.2. The predicted molar refractivity (Wildman–Crippen MR) is 84.6 cm³/mol. The van der Waals surface area contributed by atoms with E-state index in [1.54, 1.807) is 18.6 Å². The van der Waals surface area contributed by atoms with E-state index >= 15 is 0 Å². The molecule has 1 aromatic heterocycles. The average molecular weight is 297 g/mol. The normalized spacial score (nSPS) is 15.9. The molecule has 0 spiro atoms. The fourth-order valence-corrected chi connectivity index (χ4v) is 2.67. The van der Waals surface area contributed by atoms with E-state index in [0.717, 1.165) is 12.8 Å². The van der Waals surface area contributed by atoms with Crippen LogP contribution < -0.4 is 16.0 Å². The Balaban J connectivity index is 1.40. The molecule has 3 N–H and O–H groups in total. The fourth-order valence-electron chi connectivity index (χ4n) is 2.67. The zero-order chi connectivity index (χ0) is 15.2. The van der Waals surface area contributed by atoms with Crippen molar-refractivity contribution in [3.05, 3.63) is 54.0 Å². The molecule has 3 rings (SSSR count). The van der Waals surface area contributed by atoms with Gasteiger partial charge in [0, 0.05) is 25.5 Å². The van der Waals surface area contributed by atoms with Crippen molar-refractivity contribution in [2.45, 2.75) is 18.9 Å². The van der Waals surface area contributed by atoms with Crippen molar-refractivity contribution in [2.75, 3.05) is 18.4 Å². The number of hydrogen-bond acceptors (Lipinski definition) is 4. The summed E-state index contributed by atoms with van der Waals surface area (Å²) in [5.41, 5.74) is 2.56. The first-order valence-corrected chi connectivity index (χ1v) is 7.45. The van der Waals surface area contributed by atoms with Crippen LogP contribution in [0.1, 0.15) is 23.6 Å². The SMILES string of the molecule is O=C(NCCNc1cnccn1)N[C@@H]1CCc2ccccc21. The van der Waals surface area contributed by atoms with Crippen LogP contribution in [-0.4, -0.2) is 29.1 Å². The minimum Gasteiger partial charge on any atom is -0.367 e. The Kier molecular flexibility index (Phi) is 4.48. The molecule has 22 heavy (non-hydrogen) atoms. The van der Waals surface area contributed by atoms with Gasteiger partial charge in [0.2, 0.25) is 0 Å². The second-order valence-electron chi connectivity index (χ2n) is 5.21. The molecule has 6 nitrogen and oxygen atoms in total. The summed E-state index contributed by atoms with van der Waals surface area (Å²) in [5, 5.41) is 8.97. The third-order valence-electron chi connectivity index (χ3n) is 3.72. The highest BCUT2D eigenvalue weighted by Crippen LogP contribution is 2.30. The first-order valence-electron chi connectivity index (χ1n) is 7.45. The number of benzene rings is 1. The Morgan fingerprint density at radius 2 is 2.14 bits per heavy atom. The van der Waals surface area contributed by atoms with Gasteiger partial charge in [-0.05, 0) is 24.0 Å². The molecule has 1 aromatic carbocycles. The van der Waals surface area contributed by atoms with E-state index in [-0.39, 0.29) is 12.1 Å². The highest BCUT2D eigenvalue weighted by atomic mass is 16.2. The Labute approximate surface area is 129 Å². The zero-order valence-corrected chi connectivity index (χ0v) is 12.2. The maximum absolute atomic E-state index is 11.9. The molecular weight excluding hydrogens is 278 g/mol. The number of fused-ring (bicyclic) bond motifs is 1. The van der Waals surface area contributed by atoms with E-state index in [1.165, 1.54) is 11.1 Å². The second kappa shape index (κ2) is 6.89. The van der Waals surface area contributed by atoms with Crippen LogP contribution in [-0.2, 0) is 6.42 Å². The quantitative estimate of drug-likeness (QED) is 0.736. The number of carbonyl (C=O) groups excluding carboxylic acids is 1. The van der Waals surface area contributed by atoms with Crippen molar-refractivity contribution >= 4 is 11.8 Å². The maximum Gasteiger partial charge on any atom is 0.315 e. The summed E-state index contributed by atoms with van der Waals surface area (Å²) in [6.45, 7) is 1.13. The van der Waals surface area contributed by atoms with Gasteiger partial charge in [0.05, 0.1) is 12.2 Å². The molecule has 0 unspecified atom stereocenters. The first kappa shape index (κ1) is 14.3. The molecule has 1 heterocycles. The van der Waals surface area contributed by atoms with Gasteiger partial charge in [-0.25, -0.2) is 9.78 Å². The van der Waals surface area contributed by atoms with E-state index in [4.69, 9.17) is 0 Å². The minimum absolute atomic E-state index is 0.115. The van der Waals surface area contributed by atoms with Crippen molar-refractivity contribution in [2.24, 2.45) is 0 Å².